The molecule has 3 rings (SSSR count). The number of nitrogens with one attached hydrogen (secondary N) is 1. The van der Waals surface area contributed by atoms with Gasteiger partial charge in [0.05, 0.1) is 6.61 Å². The Balaban J connectivity index is 1.81. The second kappa shape index (κ2) is 6.80. The predicted molar refractivity (Wildman–Crippen MR) is 75.8 cm³/mol. The van der Waals surface area contributed by atoms with Crippen LogP contribution < -0.4 is 5.32 Å². The summed E-state index contributed by atoms with van der Waals surface area (Å²) in [5.74, 6) is 1.03. The molecular formula is C15H19N3O3. The number of hydrogen-bond acceptors (Lipinski definition) is 6. The Hall–Kier alpha value is -1.76. The average Bonchev–Trinajstić information content (AvgIpc) is 3.04. The average molecular weight is 289 g/mol. The zero-order valence-electron chi connectivity index (χ0n) is 12.0. The van der Waals surface area contributed by atoms with E-state index in [1.54, 1.807) is 0 Å². The molecule has 2 atom stereocenters. The standard InChI is InChI=1S/C15H19N3O3/c1-2-19-13(11-6-4-3-5-7-11)14-17-15(21-18-14)12-10-16-8-9-20-12/h3-7,12-13,16H,2,8-10H2,1H3. The molecule has 2 unspecified atom stereocenters. The van der Waals surface area contributed by atoms with E-state index in [4.69, 9.17) is 14.0 Å². The SMILES string of the molecule is CCOC(c1ccccc1)c1noc(C2CNCCO2)n1. The fourth-order valence-corrected chi connectivity index (χ4v) is 2.32. The summed E-state index contributed by atoms with van der Waals surface area (Å²) >= 11 is 0. The highest BCUT2D eigenvalue weighted by molar-refractivity contribution is 5.22. The van der Waals surface area contributed by atoms with Crippen LogP contribution in [0.3, 0.4) is 0 Å². The number of hydrogen-bond donors (Lipinski definition) is 1. The minimum absolute atomic E-state index is 0.182. The Labute approximate surface area is 123 Å². The van der Waals surface area contributed by atoms with Crippen LogP contribution in [0.4, 0.5) is 0 Å². The van der Waals surface area contributed by atoms with Crippen molar-refractivity contribution in [1.29, 1.82) is 0 Å². The Morgan fingerprint density at radius 2 is 2.24 bits per heavy atom. The van der Waals surface area contributed by atoms with E-state index >= 15 is 0 Å². The van der Waals surface area contributed by atoms with E-state index in [-0.39, 0.29) is 12.2 Å². The summed E-state index contributed by atoms with van der Waals surface area (Å²) in [7, 11) is 0. The molecule has 1 aliphatic heterocycles. The first-order valence-corrected chi connectivity index (χ1v) is 7.21. The Bertz CT molecular complexity index is 552. The quantitative estimate of drug-likeness (QED) is 0.906. The molecule has 0 spiro atoms. The Kier molecular flexibility index (Phi) is 4.59. The van der Waals surface area contributed by atoms with Crippen LogP contribution in [0, 0.1) is 0 Å². The largest absolute Gasteiger partial charge is 0.366 e. The van der Waals surface area contributed by atoms with Gasteiger partial charge in [0.1, 0.15) is 12.2 Å². The number of nitrogens with zero attached hydrogens (tertiary/aromatic N) is 2. The van der Waals surface area contributed by atoms with Crippen LogP contribution >= 0.6 is 0 Å². The molecular weight excluding hydrogens is 270 g/mol. The molecule has 0 aliphatic carbocycles. The van der Waals surface area contributed by atoms with E-state index in [2.05, 4.69) is 15.5 Å². The van der Waals surface area contributed by atoms with Gasteiger partial charge in [-0.25, -0.2) is 0 Å². The van der Waals surface area contributed by atoms with E-state index in [9.17, 15) is 0 Å². The van der Waals surface area contributed by atoms with Crippen LogP contribution in [0.15, 0.2) is 34.9 Å². The highest BCUT2D eigenvalue weighted by atomic mass is 16.5. The fraction of sp³-hybridized carbons (Fsp3) is 0.467. The molecule has 21 heavy (non-hydrogen) atoms. The lowest BCUT2D eigenvalue weighted by Gasteiger charge is -2.20. The molecule has 6 nitrogen and oxygen atoms in total. The van der Waals surface area contributed by atoms with Crippen molar-refractivity contribution < 1.29 is 14.0 Å². The molecule has 1 aromatic carbocycles. The molecule has 1 aliphatic rings. The van der Waals surface area contributed by atoms with Crippen molar-refractivity contribution in [3.05, 3.63) is 47.6 Å². The predicted octanol–water partition coefficient (Wildman–Crippen LogP) is 1.86. The van der Waals surface area contributed by atoms with Crippen molar-refractivity contribution in [1.82, 2.24) is 15.5 Å². The van der Waals surface area contributed by atoms with Gasteiger partial charge < -0.3 is 19.3 Å². The van der Waals surface area contributed by atoms with E-state index in [1.165, 1.54) is 0 Å². The number of benzene rings is 1. The second-order valence-corrected chi connectivity index (χ2v) is 4.80. The normalized spacial score (nSPS) is 20.3. The minimum Gasteiger partial charge on any atom is -0.366 e. The molecule has 1 fully saturated rings. The summed E-state index contributed by atoms with van der Waals surface area (Å²) < 4.78 is 16.7. The molecule has 1 saturated heterocycles. The molecule has 0 radical (unpaired) electrons. The summed E-state index contributed by atoms with van der Waals surface area (Å²) in [6.45, 7) is 4.71. The Morgan fingerprint density at radius 3 is 2.95 bits per heavy atom. The van der Waals surface area contributed by atoms with Gasteiger partial charge in [0.2, 0.25) is 5.82 Å². The summed E-state index contributed by atoms with van der Waals surface area (Å²) in [5.41, 5.74) is 1.01. The third-order valence-electron chi connectivity index (χ3n) is 3.33. The molecule has 1 N–H and O–H groups in total. The molecule has 6 heteroatoms. The summed E-state index contributed by atoms with van der Waals surface area (Å²) in [4.78, 5) is 4.46. The molecule has 0 amide bonds. The van der Waals surface area contributed by atoms with Crippen molar-refractivity contribution >= 4 is 0 Å². The van der Waals surface area contributed by atoms with Gasteiger partial charge in [-0.15, -0.1) is 0 Å². The van der Waals surface area contributed by atoms with Crippen molar-refractivity contribution in [2.45, 2.75) is 19.1 Å². The summed E-state index contributed by atoms with van der Waals surface area (Å²) in [6.07, 6.45) is -0.497. The first-order chi connectivity index (χ1) is 10.4. The number of rotatable bonds is 5. The second-order valence-electron chi connectivity index (χ2n) is 4.80. The molecule has 0 bridgehead atoms. The van der Waals surface area contributed by atoms with Crippen LogP contribution in [-0.4, -0.2) is 36.4 Å². The lowest BCUT2D eigenvalue weighted by molar-refractivity contribution is 0.00754. The van der Waals surface area contributed by atoms with Crippen LogP contribution in [0.2, 0.25) is 0 Å². The molecule has 2 heterocycles. The zero-order valence-corrected chi connectivity index (χ0v) is 12.0. The summed E-state index contributed by atoms with van der Waals surface area (Å²) in [5, 5.41) is 7.31. The minimum atomic E-state index is -0.315. The third kappa shape index (κ3) is 3.29. The fourth-order valence-electron chi connectivity index (χ4n) is 2.32. The molecule has 2 aromatic rings. The van der Waals surface area contributed by atoms with Gasteiger partial charge in [0, 0.05) is 19.7 Å². The van der Waals surface area contributed by atoms with E-state index in [0.29, 0.717) is 31.5 Å². The maximum atomic E-state index is 5.77. The van der Waals surface area contributed by atoms with Gasteiger partial charge >= 0.3 is 0 Å². The van der Waals surface area contributed by atoms with E-state index < -0.39 is 0 Å². The van der Waals surface area contributed by atoms with Crippen LogP contribution in [0.5, 0.6) is 0 Å². The smallest absolute Gasteiger partial charge is 0.257 e. The van der Waals surface area contributed by atoms with Gasteiger partial charge in [-0.1, -0.05) is 35.5 Å². The molecule has 1 aromatic heterocycles. The Morgan fingerprint density at radius 1 is 1.38 bits per heavy atom. The number of aromatic nitrogens is 2. The lowest BCUT2D eigenvalue weighted by Crippen LogP contribution is -2.33. The van der Waals surface area contributed by atoms with Crippen LogP contribution in [0.1, 0.15) is 36.4 Å². The molecule has 112 valence electrons. The van der Waals surface area contributed by atoms with Crippen molar-refractivity contribution in [2.24, 2.45) is 0 Å². The molecule has 0 saturated carbocycles. The van der Waals surface area contributed by atoms with E-state index in [1.807, 2.05) is 37.3 Å². The zero-order chi connectivity index (χ0) is 14.5. The maximum absolute atomic E-state index is 5.77. The third-order valence-corrected chi connectivity index (χ3v) is 3.33. The first kappa shape index (κ1) is 14.2. The van der Waals surface area contributed by atoms with Gasteiger partial charge in [-0.3, -0.25) is 0 Å². The van der Waals surface area contributed by atoms with Gasteiger partial charge in [0.25, 0.3) is 5.89 Å². The monoisotopic (exact) mass is 289 g/mol. The van der Waals surface area contributed by atoms with Gasteiger partial charge in [-0.2, -0.15) is 4.98 Å². The maximum Gasteiger partial charge on any atom is 0.257 e. The highest BCUT2D eigenvalue weighted by Gasteiger charge is 2.26. The first-order valence-electron chi connectivity index (χ1n) is 7.21. The lowest BCUT2D eigenvalue weighted by atomic mass is 10.1. The number of ether oxygens (including phenoxy) is 2. The van der Waals surface area contributed by atoms with Crippen molar-refractivity contribution in [3.63, 3.8) is 0 Å². The van der Waals surface area contributed by atoms with E-state index in [0.717, 1.165) is 12.1 Å². The van der Waals surface area contributed by atoms with Gasteiger partial charge in [0.15, 0.2) is 0 Å². The van der Waals surface area contributed by atoms with Crippen LogP contribution in [-0.2, 0) is 9.47 Å². The van der Waals surface area contributed by atoms with Crippen LogP contribution in [0.25, 0.3) is 0 Å². The van der Waals surface area contributed by atoms with Gasteiger partial charge in [-0.05, 0) is 12.5 Å². The van der Waals surface area contributed by atoms with Crippen molar-refractivity contribution in [2.75, 3.05) is 26.3 Å². The highest BCUT2D eigenvalue weighted by Crippen LogP contribution is 2.25. The number of morpholine rings is 1. The topological polar surface area (TPSA) is 69.4 Å². The summed E-state index contributed by atoms with van der Waals surface area (Å²) in [6, 6.07) is 9.90. The van der Waals surface area contributed by atoms with Crippen molar-refractivity contribution in [3.8, 4) is 0 Å².